The summed E-state index contributed by atoms with van der Waals surface area (Å²) in [5, 5.41) is 1.21. The van der Waals surface area contributed by atoms with E-state index in [1.807, 2.05) is 6.07 Å². The Labute approximate surface area is 124 Å². The number of para-hydroxylation sites is 1. The summed E-state index contributed by atoms with van der Waals surface area (Å²) in [6.45, 7) is 0. The van der Waals surface area contributed by atoms with Gasteiger partial charge in [-0.15, -0.1) is 0 Å². The zero-order valence-electron chi connectivity index (χ0n) is 11.6. The molecular formula is C20H15N. The zero-order chi connectivity index (χ0) is 14.1. The van der Waals surface area contributed by atoms with E-state index in [1.165, 1.54) is 16.5 Å². The maximum atomic E-state index is 4.84. The van der Waals surface area contributed by atoms with Gasteiger partial charge in [-0.1, -0.05) is 72.8 Å². The molecule has 100 valence electrons. The van der Waals surface area contributed by atoms with E-state index in [1.54, 1.807) is 0 Å². The highest BCUT2D eigenvalue weighted by molar-refractivity contribution is 5.94. The second kappa shape index (κ2) is 5.02. The largest absolute Gasteiger partial charge is 0.252 e. The fraction of sp³-hybridized carbons (Fsp3) is 0.0500. The lowest BCUT2D eigenvalue weighted by molar-refractivity contribution is 1.03. The number of rotatable bonds is 2. The third-order valence-corrected chi connectivity index (χ3v) is 3.91. The van der Waals surface area contributed by atoms with Crippen LogP contribution in [0.1, 0.15) is 11.6 Å². The van der Waals surface area contributed by atoms with Gasteiger partial charge in [0, 0.05) is 11.3 Å². The molecular weight excluding hydrogens is 254 g/mol. The number of aromatic nitrogens is 1. The van der Waals surface area contributed by atoms with E-state index in [0.29, 0.717) is 0 Å². The van der Waals surface area contributed by atoms with Crippen LogP contribution in [-0.4, -0.2) is 4.98 Å². The van der Waals surface area contributed by atoms with Crippen LogP contribution in [-0.2, 0) is 0 Å². The van der Waals surface area contributed by atoms with Crippen LogP contribution >= 0.6 is 0 Å². The van der Waals surface area contributed by atoms with Gasteiger partial charge in [0.25, 0.3) is 0 Å². The summed E-state index contributed by atoms with van der Waals surface area (Å²) in [4.78, 5) is 4.84. The maximum Gasteiger partial charge on any atom is 0.0711 e. The third-order valence-electron chi connectivity index (χ3n) is 3.91. The van der Waals surface area contributed by atoms with Gasteiger partial charge in [-0.25, -0.2) is 0 Å². The summed E-state index contributed by atoms with van der Waals surface area (Å²) < 4.78 is 0. The van der Waals surface area contributed by atoms with Crippen LogP contribution in [0.15, 0.2) is 85.0 Å². The second-order valence-corrected chi connectivity index (χ2v) is 5.27. The van der Waals surface area contributed by atoms with E-state index in [2.05, 4.69) is 78.9 Å². The number of allylic oxidation sites excluding steroid dienone is 4. The highest BCUT2D eigenvalue weighted by Gasteiger charge is 2.13. The van der Waals surface area contributed by atoms with Crippen LogP contribution in [0, 0.1) is 0 Å². The molecule has 0 atom stereocenters. The first-order valence-electron chi connectivity index (χ1n) is 7.22. The molecule has 0 fully saturated rings. The lowest BCUT2D eigenvalue weighted by Gasteiger charge is -2.12. The molecule has 0 bridgehead atoms. The van der Waals surface area contributed by atoms with Crippen molar-refractivity contribution in [1.29, 1.82) is 0 Å². The molecule has 0 saturated carbocycles. The van der Waals surface area contributed by atoms with E-state index >= 15 is 0 Å². The number of hydrogen-bond acceptors (Lipinski definition) is 1. The molecule has 0 spiro atoms. The van der Waals surface area contributed by atoms with E-state index in [9.17, 15) is 0 Å². The topological polar surface area (TPSA) is 12.9 Å². The van der Waals surface area contributed by atoms with E-state index in [-0.39, 0.29) is 5.92 Å². The maximum absolute atomic E-state index is 4.84. The van der Waals surface area contributed by atoms with Crippen molar-refractivity contribution in [3.8, 4) is 11.1 Å². The minimum Gasteiger partial charge on any atom is -0.252 e. The molecule has 0 saturated heterocycles. The van der Waals surface area contributed by atoms with Gasteiger partial charge in [0.15, 0.2) is 0 Å². The van der Waals surface area contributed by atoms with Crippen molar-refractivity contribution in [2.24, 2.45) is 0 Å². The summed E-state index contributed by atoms with van der Waals surface area (Å²) in [5.74, 6) is 0.289. The van der Waals surface area contributed by atoms with Gasteiger partial charge in [-0.05, 0) is 23.3 Å². The Morgan fingerprint density at radius 1 is 0.762 bits per heavy atom. The highest BCUT2D eigenvalue weighted by Crippen LogP contribution is 2.32. The Hall–Kier alpha value is -2.67. The van der Waals surface area contributed by atoms with Crippen molar-refractivity contribution in [3.63, 3.8) is 0 Å². The minimum absolute atomic E-state index is 0.289. The molecule has 2 aromatic carbocycles. The Kier molecular flexibility index (Phi) is 2.89. The molecule has 1 aromatic heterocycles. The normalized spacial score (nSPS) is 14.1. The fourth-order valence-corrected chi connectivity index (χ4v) is 2.85. The molecule has 1 heteroatoms. The molecule has 0 aliphatic heterocycles. The zero-order valence-corrected chi connectivity index (χ0v) is 11.6. The molecule has 1 heterocycles. The highest BCUT2D eigenvalue weighted by atomic mass is 14.7. The lowest BCUT2D eigenvalue weighted by atomic mass is 9.97. The molecule has 1 nitrogen and oxygen atoms in total. The van der Waals surface area contributed by atoms with Crippen LogP contribution in [0.4, 0.5) is 0 Å². The number of benzene rings is 2. The molecule has 21 heavy (non-hydrogen) atoms. The van der Waals surface area contributed by atoms with Crippen molar-refractivity contribution in [2.75, 3.05) is 0 Å². The van der Waals surface area contributed by atoms with Gasteiger partial charge in [0.05, 0.1) is 11.2 Å². The lowest BCUT2D eigenvalue weighted by Crippen LogP contribution is -1.96. The predicted molar refractivity (Wildman–Crippen MR) is 88.2 cm³/mol. The van der Waals surface area contributed by atoms with Gasteiger partial charge in [0.2, 0.25) is 0 Å². The SMILES string of the molecule is C1=CC(c2cc(-c3ccccc3)c3ccccc3n2)C=C1. The number of nitrogens with zero attached hydrogens (tertiary/aromatic N) is 1. The number of fused-ring (bicyclic) bond motifs is 1. The average Bonchev–Trinajstić information content (AvgIpc) is 3.09. The molecule has 0 unspecified atom stereocenters. The predicted octanol–water partition coefficient (Wildman–Crippen LogP) is 5.11. The van der Waals surface area contributed by atoms with Gasteiger partial charge < -0.3 is 0 Å². The Balaban J connectivity index is 1.99. The summed E-state index contributed by atoms with van der Waals surface area (Å²) in [6.07, 6.45) is 8.55. The van der Waals surface area contributed by atoms with Crippen molar-refractivity contribution >= 4 is 10.9 Å². The number of pyridine rings is 1. The Morgan fingerprint density at radius 3 is 2.29 bits per heavy atom. The first kappa shape index (κ1) is 12.1. The molecule has 4 rings (SSSR count). The van der Waals surface area contributed by atoms with Crippen LogP contribution in [0.3, 0.4) is 0 Å². The standard InChI is InChI=1S/C20H15N/c1-2-8-15(9-3-1)18-14-20(16-10-4-5-11-16)21-19-13-7-6-12-17(18)19/h1-14,16H. The Morgan fingerprint density at radius 2 is 1.48 bits per heavy atom. The third kappa shape index (κ3) is 2.17. The molecule has 3 aromatic rings. The first-order valence-corrected chi connectivity index (χ1v) is 7.22. The summed E-state index contributed by atoms with van der Waals surface area (Å²) in [7, 11) is 0. The molecule has 0 radical (unpaired) electrons. The van der Waals surface area contributed by atoms with Crippen LogP contribution < -0.4 is 0 Å². The molecule has 1 aliphatic rings. The first-order chi connectivity index (χ1) is 10.4. The molecule has 0 amide bonds. The van der Waals surface area contributed by atoms with Crippen molar-refractivity contribution in [2.45, 2.75) is 5.92 Å². The fourth-order valence-electron chi connectivity index (χ4n) is 2.85. The van der Waals surface area contributed by atoms with Gasteiger partial charge in [-0.3, -0.25) is 4.98 Å². The van der Waals surface area contributed by atoms with E-state index in [0.717, 1.165) is 11.2 Å². The van der Waals surface area contributed by atoms with E-state index in [4.69, 9.17) is 4.98 Å². The van der Waals surface area contributed by atoms with Crippen molar-refractivity contribution in [3.05, 3.63) is 90.7 Å². The average molecular weight is 269 g/mol. The second-order valence-electron chi connectivity index (χ2n) is 5.27. The van der Waals surface area contributed by atoms with Crippen molar-refractivity contribution in [1.82, 2.24) is 4.98 Å². The van der Waals surface area contributed by atoms with Gasteiger partial charge in [0.1, 0.15) is 0 Å². The number of hydrogen-bond donors (Lipinski definition) is 0. The quantitative estimate of drug-likeness (QED) is 0.630. The molecule has 0 N–H and O–H groups in total. The smallest absolute Gasteiger partial charge is 0.0711 e. The van der Waals surface area contributed by atoms with Crippen LogP contribution in [0.5, 0.6) is 0 Å². The minimum atomic E-state index is 0.289. The monoisotopic (exact) mass is 269 g/mol. The molecule has 1 aliphatic carbocycles. The van der Waals surface area contributed by atoms with E-state index < -0.39 is 0 Å². The summed E-state index contributed by atoms with van der Waals surface area (Å²) in [6, 6.07) is 21.1. The van der Waals surface area contributed by atoms with Gasteiger partial charge in [-0.2, -0.15) is 0 Å². The van der Waals surface area contributed by atoms with Crippen LogP contribution in [0.2, 0.25) is 0 Å². The van der Waals surface area contributed by atoms with Crippen molar-refractivity contribution < 1.29 is 0 Å². The summed E-state index contributed by atoms with van der Waals surface area (Å²) in [5.41, 5.74) is 4.66. The summed E-state index contributed by atoms with van der Waals surface area (Å²) >= 11 is 0. The van der Waals surface area contributed by atoms with Crippen LogP contribution in [0.25, 0.3) is 22.0 Å². The Bertz CT molecular complexity index is 832. The van der Waals surface area contributed by atoms with Gasteiger partial charge >= 0.3 is 0 Å².